The molecule has 1 unspecified atom stereocenters. The number of amides is 1. The summed E-state index contributed by atoms with van der Waals surface area (Å²) >= 11 is 0. The zero-order valence-electron chi connectivity index (χ0n) is 16.3. The topological polar surface area (TPSA) is 92.3 Å². The van der Waals surface area contributed by atoms with Gasteiger partial charge in [-0.1, -0.05) is 37.3 Å². The minimum Gasteiger partial charge on any atom is -0.462 e. The van der Waals surface area contributed by atoms with E-state index in [4.69, 9.17) is 23.7 Å². The number of methoxy groups -OCH3 is 1. The summed E-state index contributed by atoms with van der Waals surface area (Å²) in [5.74, 6) is -1.72. The van der Waals surface area contributed by atoms with Gasteiger partial charge in [0.1, 0.15) is 13.2 Å². The number of carbonyl (C=O) groups is 2. The molecular weight excluding hydrogens is 392 g/mol. The Balaban J connectivity index is 2.41. The van der Waals surface area contributed by atoms with E-state index in [2.05, 4.69) is 5.32 Å². The highest BCUT2D eigenvalue weighted by molar-refractivity contribution is 5.78. The van der Waals surface area contributed by atoms with Gasteiger partial charge in [0.2, 0.25) is 5.76 Å². The van der Waals surface area contributed by atoms with Crippen LogP contribution in [0.5, 0.6) is 0 Å². The molecular formula is C19H25F2NO7. The summed E-state index contributed by atoms with van der Waals surface area (Å²) < 4.78 is 50.8. The first-order valence-electron chi connectivity index (χ1n) is 8.86. The zero-order chi connectivity index (χ0) is 21.5. The van der Waals surface area contributed by atoms with E-state index in [1.54, 1.807) is 24.3 Å². The van der Waals surface area contributed by atoms with Gasteiger partial charge < -0.3 is 29.0 Å². The minimum atomic E-state index is -2.13. The number of hydrogen-bond acceptors (Lipinski definition) is 7. The second-order valence-corrected chi connectivity index (χ2v) is 5.59. The van der Waals surface area contributed by atoms with Crippen LogP contribution in [0.25, 0.3) is 0 Å². The molecule has 1 N–H and O–H groups in total. The van der Waals surface area contributed by atoms with Crippen LogP contribution in [-0.2, 0) is 35.1 Å². The number of halogens is 2. The van der Waals surface area contributed by atoms with E-state index in [0.29, 0.717) is 0 Å². The fourth-order valence-electron chi connectivity index (χ4n) is 2.02. The predicted octanol–water partition coefficient (Wildman–Crippen LogP) is 2.98. The molecule has 8 nitrogen and oxygen atoms in total. The van der Waals surface area contributed by atoms with E-state index in [1.807, 2.05) is 6.07 Å². The van der Waals surface area contributed by atoms with Gasteiger partial charge in [-0.05, 0) is 12.0 Å². The molecule has 0 radical (unpaired) electrons. The molecule has 1 amide bonds. The van der Waals surface area contributed by atoms with Gasteiger partial charge in [0.05, 0.1) is 13.2 Å². The number of rotatable bonds is 13. The first-order chi connectivity index (χ1) is 14.0. The van der Waals surface area contributed by atoms with Crippen LogP contribution in [0.15, 0.2) is 42.2 Å². The molecule has 0 aliphatic heterocycles. The third-order valence-electron chi connectivity index (χ3n) is 3.44. The fraction of sp³-hybridized carbons (Fsp3) is 0.474. The summed E-state index contributed by atoms with van der Waals surface area (Å²) in [5.41, 5.74) is 0.773. The van der Waals surface area contributed by atoms with Crippen LogP contribution in [0, 0.1) is 0 Å². The van der Waals surface area contributed by atoms with Crippen LogP contribution in [0.3, 0.4) is 0 Å². The normalized spacial score (nSPS) is 11.3. The van der Waals surface area contributed by atoms with Crippen molar-refractivity contribution in [3.63, 3.8) is 0 Å². The maximum absolute atomic E-state index is 13.1. The monoisotopic (exact) mass is 417 g/mol. The molecule has 29 heavy (non-hydrogen) atoms. The molecule has 10 heteroatoms. The molecule has 1 aromatic rings. The summed E-state index contributed by atoms with van der Waals surface area (Å²) in [6, 6.07) is 8.94. The van der Waals surface area contributed by atoms with E-state index in [0.717, 1.165) is 5.56 Å². The molecule has 1 rings (SSSR count). The molecule has 162 valence electrons. The first-order valence-corrected chi connectivity index (χ1v) is 8.86. The van der Waals surface area contributed by atoms with Crippen LogP contribution >= 0.6 is 0 Å². The second-order valence-electron chi connectivity index (χ2n) is 5.59. The van der Waals surface area contributed by atoms with Crippen molar-refractivity contribution in [2.75, 3.05) is 33.7 Å². The van der Waals surface area contributed by atoms with Crippen LogP contribution in [0.1, 0.15) is 18.9 Å². The average Bonchev–Trinajstić information content (AvgIpc) is 2.72. The Hall–Kier alpha value is -2.72. The van der Waals surface area contributed by atoms with Crippen LogP contribution < -0.4 is 5.32 Å². The highest BCUT2D eigenvalue weighted by atomic mass is 19.3. The molecule has 0 bridgehead atoms. The van der Waals surface area contributed by atoms with Crippen molar-refractivity contribution in [3.8, 4) is 0 Å². The molecule has 0 fully saturated rings. The Morgan fingerprint density at radius 1 is 1.10 bits per heavy atom. The maximum Gasteiger partial charge on any atom is 0.407 e. The third-order valence-corrected chi connectivity index (χ3v) is 3.44. The van der Waals surface area contributed by atoms with Crippen molar-refractivity contribution in [2.45, 2.75) is 26.1 Å². The highest BCUT2D eigenvalue weighted by Gasteiger charge is 2.24. The minimum absolute atomic E-state index is 0.0240. The van der Waals surface area contributed by atoms with Crippen molar-refractivity contribution in [1.29, 1.82) is 0 Å². The Morgan fingerprint density at radius 3 is 2.45 bits per heavy atom. The molecule has 0 aliphatic rings. The SMILES string of the molecule is CCC(OC(=O)CNC(=O)OCc1ccccc1)C(OCOCCOC)=C(F)F. The molecule has 1 aromatic carbocycles. The number of carbonyl (C=O) groups excluding carboxylic acids is 2. The second kappa shape index (κ2) is 14.3. The predicted molar refractivity (Wildman–Crippen MR) is 97.8 cm³/mol. The third kappa shape index (κ3) is 10.4. The van der Waals surface area contributed by atoms with Gasteiger partial charge in [-0.15, -0.1) is 0 Å². The summed E-state index contributed by atoms with van der Waals surface area (Å²) in [6.45, 7) is 1.000. The van der Waals surface area contributed by atoms with Gasteiger partial charge in [0.15, 0.2) is 12.9 Å². The van der Waals surface area contributed by atoms with Gasteiger partial charge in [-0.3, -0.25) is 4.79 Å². The molecule has 0 saturated carbocycles. The molecule has 0 aromatic heterocycles. The van der Waals surface area contributed by atoms with E-state index in [-0.39, 0.29) is 26.2 Å². The Bertz CT molecular complexity index is 651. The van der Waals surface area contributed by atoms with Crippen LogP contribution in [0.4, 0.5) is 13.6 Å². The summed E-state index contributed by atoms with van der Waals surface area (Å²) in [6.07, 6.45) is -4.25. The van der Waals surface area contributed by atoms with Crippen molar-refractivity contribution in [2.24, 2.45) is 0 Å². The van der Waals surface area contributed by atoms with Crippen LogP contribution in [0.2, 0.25) is 0 Å². The first kappa shape index (κ1) is 24.3. The van der Waals surface area contributed by atoms with Gasteiger partial charge in [0.25, 0.3) is 0 Å². The lowest BCUT2D eigenvalue weighted by Gasteiger charge is -2.19. The lowest BCUT2D eigenvalue weighted by Crippen LogP contribution is -2.33. The lowest BCUT2D eigenvalue weighted by atomic mass is 10.2. The van der Waals surface area contributed by atoms with Gasteiger partial charge in [-0.25, -0.2) is 4.79 Å². The number of hydrogen-bond donors (Lipinski definition) is 1. The average molecular weight is 417 g/mol. The van der Waals surface area contributed by atoms with Gasteiger partial charge >= 0.3 is 18.1 Å². The fourth-order valence-corrected chi connectivity index (χ4v) is 2.02. The maximum atomic E-state index is 13.1. The Kier molecular flexibility index (Phi) is 12.0. The Morgan fingerprint density at radius 2 is 1.83 bits per heavy atom. The van der Waals surface area contributed by atoms with E-state index < -0.39 is 43.3 Å². The summed E-state index contributed by atoms with van der Waals surface area (Å²) in [7, 11) is 1.47. The standard InChI is InChI=1S/C19H25F2NO7/c1-3-15(17(18(20)21)28-13-26-10-9-25-2)29-16(23)11-22-19(24)27-12-14-7-5-4-6-8-14/h4-8,15H,3,9-13H2,1-2H3,(H,22,24). The van der Waals surface area contributed by atoms with Crippen molar-refractivity contribution < 1.29 is 42.1 Å². The van der Waals surface area contributed by atoms with E-state index in [9.17, 15) is 18.4 Å². The number of esters is 1. The molecule has 0 aliphatic carbocycles. The summed E-state index contributed by atoms with van der Waals surface area (Å²) in [4.78, 5) is 23.5. The lowest BCUT2D eigenvalue weighted by molar-refractivity contribution is -0.150. The van der Waals surface area contributed by atoms with Crippen molar-refractivity contribution in [1.82, 2.24) is 5.32 Å². The zero-order valence-corrected chi connectivity index (χ0v) is 16.3. The van der Waals surface area contributed by atoms with E-state index >= 15 is 0 Å². The molecule has 1 atom stereocenters. The van der Waals surface area contributed by atoms with E-state index in [1.165, 1.54) is 14.0 Å². The van der Waals surface area contributed by atoms with Crippen molar-refractivity contribution >= 4 is 12.1 Å². The van der Waals surface area contributed by atoms with Crippen LogP contribution in [-0.4, -0.2) is 51.8 Å². The Labute approximate surface area is 167 Å². The largest absolute Gasteiger partial charge is 0.462 e. The smallest absolute Gasteiger partial charge is 0.407 e. The number of ether oxygens (including phenoxy) is 5. The van der Waals surface area contributed by atoms with Gasteiger partial charge in [-0.2, -0.15) is 8.78 Å². The highest BCUT2D eigenvalue weighted by Crippen LogP contribution is 2.19. The molecule has 0 heterocycles. The molecule has 0 spiro atoms. The quantitative estimate of drug-likeness (QED) is 0.228. The number of alkyl carbamates (subject to hydrolysis) is 1. The number of nitrogens with one attached hydrogen (secondary N) is 1. The van der Waals surface area contributed by atoms with Crippen molar-refractivity contribution in [3.05, 3.63) is 47.7 Å². The number of benzene rings is 1. The molecule has 0 saturated heterocycles. The summed E-state index contributed by atoms with van der Waals surface area (Å²) in [5, 5.41) is 2.20. The van der Waals surface area contributed by atoms with Gasteiger partial charge in [0, 0.05) is 7.11 Å².